The molecule has 100 valence electrons. The number of rotatable bonds is 5. The Bertz CT molecular complexity index is 572. The van der Waals surface area contributed by atoms with Crippen molar-refractivity contribution in [2.75, 3.05) is 0 Å². The summed E-state index contributed by atoms with van der Waals surface area (Å²) in [6.07, 6.45) is 1.88. The monoisotopic (exact) mass is 275 g/mol. The highest BCUT2D eigenvalue weighted by molar-refractivity contribution is 7.15. The van der Waals surface area contributed by atoms with Gasteiger partial charge in [0.25, 0.3) is 0 Å². The van der Waals surface area contributed by atoms with Crippen molar-refractivity contribution in [2.45, 2.75) is 33.1 Å². The van der Waals surface area contributed by atoms with Crippen LogP contribution in [0, 0.1) is 6.92 Å². The lowest BCUT2D eigenvalue weighted by molar-refractivity contribution is -0.136. The molecular weight excluding hydrogens is 258 g/mol. The fourth-order valence-corrected chi connectivity index (χ4v) is 3.01. The predicted molar refractivity (Wildman–Crippen MR) is 77.6 cm³/mol. The van der Waals surface area contributed by atoms with E-state index in [2.05, 4.69) is 11.9 Å². The molecule has 0 amide bonds. The van der Waals surface area contributed by atoms with Crippen LogP contribution in [0.15, 0.2) is 24.3 Å². The molecule has 1 aromatic heterocycles. The third-order valence-electron chi connectivity index (χ3n) is 2.88. The number of carbonyl (C=O) groups is 1. The summed E-state index contributed by atoms with van der Waals surface area (Å²) in [6.45, 7) is 4.12. The van der Waals surface area contributed by atoms with E-state index in [-0.39, 0.29) is 6.42 Å². The molecule has 1 aromatic carbocycles. The molecule has 0 aliphatic carbocycles. The minimum absolute atomic E-state index is 0.0683. The maximum atomic E-state index is 10.9. The molecule has 0 aliphatic heterocycles. The molecule has 0 bridgehead atoms. The summed E-state index contributed by atoms with van der Waals surface area (Å²) < 4.78 is 0. The van der Waals surface area contributed by atoms with Crippen LogP contribution in [-0.2, 0) is 17.6 Å². The standard InChI is InChI=1S/C15H17NO2S/c1-3-4-12-13(9-14(17)18)19-15(16-12)11-7-5-10(2)6-8-11/h5-8H,3-4,9H2,1-2H3,(H,17,18). The van der Waals surface area contributed by atoms with Gasteiger partial charge in [-0.2, -0.15) is 0 Å². The normalized spacial score (nSPS) is 10.6. The lowest BCUT2D eigenvalue weighted by Crippen LogP contribution is -2.01. The molecule has 0 aliphatic rings. The fourth-order valence-electron chi connectivity index (χ4n) is 1.91. The highest BCUT2D eigenvalue weighted by Crippen LogP contribution is 2.29. The lowest BCUT2D eigenvalue weighted by Gasteiger charge is -1.96. The van der Waals surface area contributed by atoms with Gasteiger partial charge in [0.15, 0.2) is 0 Å². The van der Waals surface area contributed by atoms with Crippen LogP contribution < -0.4 is 0 Å². The molecule has 3 nitrogen and oxygen atoms in total. The largest absolute Gasteiger partial charge is 0.481 e. The van der Waals surface area contributed by atoms with Crippen LogP contribution in [0.25, 0.3) is 10.6 Å². The van der Waals surface area contributed by atoms with Gasteiger partial charge < -0.3 is 5.11 Å². The molecule has 0 saturated carbocycles. The van der Waals surface area contributed by atoms with Gasteiger partial charge in [0.05, 0.1) is 12.1 Å². The molecule has 0 atom stereocenters. The Balaban J connectivity index is 2.35. The average Bonchev–Trinajstić information content (AvgIpc) is 2.73. The second-order valence-corrected chi connectivity index (χ2v) is 5.66. The summed E-state index contributed by atoms with van der Waals surface area (Å²) in [5.41, 5.74) is 3.20. The maximum Gasteiger partial charge on any atom is 0.308 e. The number of aryl methyl sites for hydroxylation is 2. The first-order chi connectivity index (χ1) is 9.10. The number of benzene rings is 1. The second kappa shape index (κ2) is 5.97. The van der Waals surface area contributed by atoms with Gasteiger partial charge in [-0.15, -0.1) is 11.3 Å². The predicted octanol–water partition coefficient (Wildman–Crippen LogP) is 3.70. The molecule has 1 heterocycles. The van der Waals surface area contributed by atoms with Crippen LogP contribution in [0.5, 0.6) is 0 Å². The van der Waals surface area contributed by atoms with Crippen molar-refractivity contribution in [1.82, 2.24) is 4.98 Å². The first-order valence-corrected chi connectivity index (χ1v) is 7.19. The first-order valence-electron chi connectivity index (χ1n) is 6.37. The highest BCUT2D eigenvalue weighted by atomic mass is 32.1. The Labute approximate surface area is 116 Å². The van der Waals surface area contributed by atoms with E-state index in [0.717, 1.165) is 34.0 Å². The van der Waals surface area contributed by atoms with E-state index in [1.807, 2.05) is 31.2 Å². The Morgan fingerprint density at radius 2 is 2.00 bits per heavy atom. The van der Waals surface area contributed by atoms with Crippen LogP contribution in [-0.4, -0.2) is 16.1 Å². The van der Waals surface area contributed by atoms with Gasteiger partial charge in [-0.25, -0.2) is 4.98 Å². The summed E-state index contributed by atoms with van der Waals surface area (Å²) in [6, 6.07) is 8.17. The third kappa shape index (κ3) is 3.41. The van der Waals surface area contributed by atoms with Crippen molar-refractivity contribution in [2.24, 2.45) is 0 Å². The van der Waals surface area contributed by atoms with Crippen molar-refractivity contribution in [1.29, 1.82) is 0 Å². The Morgan fingerprint density at radius 1 is 1.32 bits per heavy atom. The van der Waals surface area contributed by atoms with Crippen LogP contribution in [0.1, 0.15) is 29.5 Å². The summed E-state index contributed by atoms with van der Waals surface area (Å²) in [7, 11) is 0. The zero-order valence-electron chi connectivity index (χ0n) is 11.1. The number of carboxylic acids is 1. The number of thiazole rings is 1. The first kappa shape index (κ1) is 13.7. The number of carboxylic acid groups (broad SMARTS) is 1. The van der Waals surface area contributed by atoms with Crippen molar-refractivity contribution < 1.29 is 9.90 Å². The minimum atomic E-state index is -0.795. The van der Waals surface area contributed by atoms with Gasteiger partial charge >= 0.3 is 5.97 Å². The highest BCUT2D eigenvalue weighted by Gasteiger charge is 2.14. The number of nitrogens with zero attached hydrogens (tertiary/aromatic N) is 1. The van der Waals surface area contributed by atoms with Gasteiger partial charge in [0.1, 0.15) is 5.01 Å². The van der Waals surface area contributed by atoms with E-state index in [1.165, 1.54) is 16.9 Å². The van der Waals surface area contributed by atoms with Gasteiger partial charge in [-0.1, -0.05) is 43.2 Å². The Hall–Kier alpha value is -1.68. The molecule has 0 radical (unpaired) electrons. The molecule has 1 N–H and O–H groups in total. The minimum Gasteiger partial charge on any atom is -0.481 e. The zero-order valence-corrected chi connectivity index (χ0v) is 12.0. The SMILES string of the molecule is CCCc1nc(-c2ccc(C)cc2)sc1CC(=O)O. The van der Waals surface area contributed by atoms with E-state index in [4.69, 9.17) is 5.11 Å². The van der Waals surface area contributed by atoms with Crippen molar-refractivity contribution >= 4 is 17.3 Å². The summed E-state index contributed by atoms with van der Waals surface area (Å²) in [5, 5.41) is 9.87. The molecule has 0 spiro atoms. The zero-order chi connectivity index (χ0) is 13.8. The Morgan fingerprint density at radius 3 is 2.58 bits per heavy atom. The molecule has 2 aromatic rings. The number of aromatic nitrogens is 1. The van der Waals surface area contributed by atoms with Crippen LogP contribution in [0.2, 0.25) is 0 Å². The van der Waals surface area contributed by atoms with Crippen molar-refractivity contribution in [3.05, 3.63) is 40.4 Å². The molecule has 0 fully saturated rings. The van der Waals surface area contributed by atoms with E-state index >= 15 is 0 Å². The van der Waals surface area contributed by atoms with Gasteiger partial charge in [0.2, 0.25) is 0 Å². The second-order valence-electron chi connectivity index (χ2n) is 4.58. The smallest absolute Gasteiger partial charge is 0.308 e. The number of hydrogen-bond acceptors (Lipinski definition) is 3. The summed E-state index contributed by atoms with van der Waals surface area (Å²) in [5.74, 6) is -0.795. The molecular formula is C15H17NO2S. The van der Waals surface area contributed by atoms with Gasteiger partial charge in [-0.3, -0.25) is 4.79 Å². The quantitative estimate of drug-likeness (QED) is 0.905. The molecule has 2 rings (SSSR count). The van der Waals surface area contributed by atoms with Gasteiger partial charge in [-0.05, 0) is 13.3 Å². The number of hydrogen-bond donors (Lipinski definition) is 1. The lowest BCUT2D eigenvalue weighted by atomic mass is 10.1. The third-order valence-corrected chi connectivity index (χ3v) is 4.02. The Kier molecular flexibility index (Phi) is 4.32. The van der Waals surface area contributed by atoms with Crippen molar-refractivity contribution in [3.63, 3.8) is 0 Å². The molecule has 4 heteroatoms. The summed E-state index contributed by atoms with van der Waals surface area (Å²) in [4.78, 5) is 16.4. The van der Waals surface area contributed by atoms with E-state index in [1.54, 1.807) is 0 Å². The van der Waals surface area contributed by atoms with Crippen LogP contribution in [0.3, 0.4) is 0 Å². The number of aliphatic carboxylic acids is 1. The van der Waals surface area contributed by atoms with E-state index < -0.39 is 5.97 Å². The summed E-state index contributed by atoms with van der Waals surface area (Å²) >= 11 is 1.49. The van der Waals surface area contributed by atoms with E-state index in [0.29, 0.717) is 0 Å². The van der Waals surface area contributed by atoms with Crippen molar-refractivity contribution in [3.8, 4) is 10.6 Å². The maximum absolute atomic E-state index is 10.9. The van der Waals surface area contributed by atoms with E-state index in [9.17, 15) is 4.79 Å². The van der Waals surface area contributed by atoms with Gasteiger partial charge in [0, 0.05) is 10.4 Å². The van der Waals surface area contributed by atoms with Crippen LogP contribution >= 0.6 is 11.3 Å². The average molecular weight is 275 g/mol. The topological polar surface area (TPSA) is 50.2 Å². The fraction of sp³-hybridized carbons (Fsp3) is 0.333. The molecule has 19 heavy (non-hydrogen) atoms. The van der Waals surface area contributed by atoms with Crippen LogP contribution in [0.4, 0.5) is 0 Å². The molecule has 0 unspecified atom stereocenters. The molecule has 0 saturated heterocycles.